The summed E-state index contributed by atoms with van der Waals surface area (Å²) >= 11 is 0. The van der Waals surface area contributed by atoms with Crippen molar-refractivity contribution in [3.63, 3.8) is 0 Å². The van der Waals surface area contributed by atoms with E-state index in [1.807, 2.05) is 52.0 Å². The highest BCUT2D eigenvalue weighted by molar-refractivity contribution is 6.00. The Hall–Kier alpha value is -1.35. The van der Waals surface area contributed by atoms with Gasteiger partial charge in [-0.15, -0.1) is 0 Å². The van der Waals surface area contributed by atoms with Gasteiger partial charge in [0.2, 0.25) is 0 Å². The van der Waals surface area contributed by atoms with Crippen molar-refractivity contribution in [2.45, 2.75) is 52.7 Å². The highest BCUT2D eigenvalue weighted by atomic mass is 16.5. The largest absolute Gasteiger partial charge is 0.490 e. The van der Waals surface area contributed by atoms with E-state index in [0.29, 0.717) is 18.3 Å². The third kappa shape index (κ3) is 3.83. The Labute approximate surface area is 121 Å². The molecule has 1 atom stereocenters. The molecule has 0 spiro atoms. The summed E-state index contributed by atoms with van der Waals surface area (Å²) in [6.45, 7) is 8.52. The van der Waals surface area contributed by atoms with E-state index in [1.54, 1.807) is 0 Å². The van der Waals surface area contributed by atoms with Crippen molar-refractivity contribution in [3.05, 3.63) is 29.8 Å². The average Bonchev–Trinajstić information content (AvgIpc) is 3.18. The molecule has 3 nitrogen and oxygen atoms in total. The van der Waals surface area contributed by atoms with Crippen LogP contribution >= 0.6 is 0 Å². The fraction of sp³-hybridized carbons (Fsp3) is 0.588. The number of ketones is 1. The molecule has 1 fully saturated rings. The third-order valence-electron chi connectivity index (χ3n) is 3.30. The lowest BCUT2D eigenvalue weighted by Gasteiger charge is -2.29. The molecular weight excluding hydrogens is 252 g/mol. The van der Waals surface area contributed by atoms with Gasteiger partial charge in [-0.2, -0.15) is 0 Å². The molecule has 1 aliphatic rings. The molecule has 0 bridgehead atoms. The lowest BCUT2D eigenvalue weighted by Crippen LogP contribution is -2.37. The maximum atomic E-state index is 12.7. The van der Waals surface area contributed by atoms with Crippen molar-refractivity contribution >= 4 is 5.78 Å². The number of hydrogen-bond acceptors (Lipinski definition) is 3. The molecule has 1 saturated carbocycles. The van der Waals surface area contributed by atoms with Crippen LogP contribution in [0, 0.1) is 5.41 Å². The quantitative estimate of drug-likeness (QED) is 0.740. The van der Waals surface area contributed by atoms with Gasteiger partial charge >= 0.3 is 0 Å². The topological polar surface area (TPSA) is 35.5 Å². The van der Waals surface area contributed by atoms with Gasteiger partial charge < -0.3 is 9.47 Å². The van der Waals surface area contributed by atoms with Crippen LogP contribution in [0.5, 0.6) is 5.75 Å². The zero-order valence-corrected chi connectivity index (χ0v) is 12.8. The van der Waals surface area contributed by atoms with Crippen molar-refractivity contribution in [2.24, 2.45) is 5.41 Å². The summed E-state index contributed by atoms with van der Waals surface area (Å²) in [5.74, 6) is 0.808. The van der Waals surface area contributed by atoms with Crippen molar-refractivity contribution < 1.29 is 14.3 Å². The van der Waals surface area contributed by atoms with E-state index in [1.165, 1.54) is 0 Å². The van der Waals surface area contributed by atoms with Crippen LogP contribution in [0.4, 0.5) is 0 Å². The standard InChI is InChI=1S/C17H24O3/c1-5-19-16(17(2,3)4)15(18)12-7-6-8-14(11-12)20-13-9-10-13/h6-8,11,13,16H,5,9-10H2,1-4H3. The van der Waals surface area contributed by atoms with Crippen molar-refractivity contribution in [1.29, 1.82) is 0 Å². The Morgan fingerprint density at radius 1 is 1.35 bits per heavy atom. The van der Waals surface area contributed by atoms with Gasteiger partial charge in [-0.1, -0.05) is 32.9 Å². The van der Waals surface area contributed by atoms with Crippen LogP contribution in [0.2, 0.25) is 0 Å². The van der Waals surface area contributed by atoms with E-state index in [-0.39, 0.29) is 11.2 Å². The second-order valence-corrected chi connectivity index (χ2v) is 6.41. The Morgan fingerprint density at radius 3 is 2.60 bits per heavy atom. The highest BCUT2D eigenvalue weighted by Crippen LogP contribution is 2.29. The first-order chi connectivity index (χ1) is 9.41. The summed E-state index contributed by atoms with van der Waals surface area (Å²) in [5.41, 5.74) is 0.442. The molecule has 0 N–H and O–H groups in total. The fourth-order valence-corrected chi connectivity index (χ4v) is 2.14. The van der Waals surface area contributed by atoms with Gasteiger partial charge in [-0.05, 0) is 37.3 Å². The molecule has 0 radical (unpaired) electrons. The lowest BCUT2D eigenvalue weighted by molar-refractivity contribution is -0.000240. The van der Waals surface area contributed by atoms with Gasteiger partial charge in [-0.25, -0.2) is 0 Å². The Balaban J connectivity index is 2.17. The summed E-state index contributed by atoms with van der Waals surface area (Å²) in [4.78, 5) is 12.7. The zero-order chi connectivity index (χ0) is 14.8. The second kappa shape index (κ2) is 5.96. The molecule has 0 saturated heterocycles. The third-order valence-corrected chi connectivity index (χ3v) is 3.30. The SMILES string of the molecule is CCOC(C(=O)c1cccc(OC2CC2)c1)C(C)(C)C. The van der Waals surface area contributed by atoms with Crippen LogP contribution in [0.15, 0.2) is 24.3 Å². The molecule has 20 heavy (non-hydrogen) atoms. The van der Waals surface area contributed by atoms with Crippen molar-refractivity contribution in [1.82, 2.24) is 0 Å². The summed E-state index contributed by atoms with van der Waals surface area (Å²) in [7, 11) is 0. The van der Waals surface area contributed by atoms with Gasteiger partial charge in [0.1, 0.15) is 11.9 Å². The average molecular weight is 276 g/mol. The summed E-state index contributed by atoms with van der Waals surface area (Å²) in [5, 5.41) is 0. The first-order valence-electron chi connectivity index (χ1n) is 7.34. The highest BCUT2D eigenvalue weighted by Gasteiger charge is 2.33. The minimum atomic E-state index is -0.427. The zero-order valence-electron chi connectivity index (χ0n) is 12.8. The summed E-state index contributed by atoms with van der Waals surface area (Å²) in [6, 6.07) is 7.44. The number of hydrogen-bond donors (Lipinski definition) is 0. The van der Waals surface area contributed by atoms with Crippen LogP contribution in [0.25, 0.3) is 0 Å². The van der Waals surface area contributed by atoms with Gasteiger partial charge in [0.15, 0.2) is 5.78 Å². The molecule has 2 rings (SSSR count). The van der Waals surface area contributed by atoms with Crippen LogP contribution in [-0.2, 0) is 4.74 Å². The van der Waals surface area contributed by atoms with E-state index < -0.39 is 6.10 Å². The normalized spacial score (nSPS) is 16.8. The maximum Gasteiger partial charge on any atom is 0.192 e. The smallest absolute Gasteiger partial charge is 0.192 e. The molecule has 1 aromatic rings. The first kappa shape index (κ1) is 15.0. The number of Topliss-reactive ketones (excluding diaryl/α,β-unsaturated/α-hetero) is 1. The summed E-state index contributed by atoms with van der Waals surface area (Å²) < 4.78 is 11.4. The van der Waals surface area contributed by atoms with Crippen LogP contribution in [-0.4, -0.2) is 24.6 Å². The molecule has 0 heterocycles. The van der Waals surface area contributed by atoms with Crippen molar-refractivity contribution in [2.75, 3.05) is 6.61 Å². The molecular formula is C17H24O3. The number of benzene rings is 1. The van der Waals surface area contributed by atoms with Gasteiger partial charge in [0, 0.05) is 12.2 Å². The number of ether oxygens (including phenoxy) is 2. The van der Waals surface area contributed by atoms with E-state index in [2.05, 4.69) is 0 Å². The van der Waals surface area contributed by atoms with E-state index in [0.717, 1.165) is 18.6 Å². The number of carbonyl (C=O) groups is 1. The fourth-order valence-electron chi connectivity index (χ4n) is 2.14. The predicted octanol–water partition coefficient (Wildman–Crippen LogP) is 3.86. The Morgan fingerprint density at radius 2 is 2.05 bits per heavy atom. The second-order valence-electron chi connectivity index (χ2n) is 6.41. The first-order valence-corrected chi connectivity index (χ1v) is 7.34. The number of rotatable bonds is 6. The molecule has 0 aliphatic heterocycles. The van der Waals surface area contributed by atoms with Crippen LogP contribution in [0.1, 0.15) is 50.9 Å². The van der Waals surface area contributed by atoms with Gasteiger partial charge in [0.05, 0.1) is 6.10 Å². The minimum absolute atomic E-state index is 0.0283. The number of carbonyl (C=O) groups excluding carboxylic acids is 1. The van der Waals surface area contributed by atoms with E-state index >= 15 is 0 Å². The molecule has 1 aromatic carbocycles. The molecule has 1 aliphatic carbocycles. The lowest BCUT2D eigenvalue weighted by atomic mass is 9.84. The van der Waals surface area contributed by atoms with Gasteiger partial charge in [-0.3, -0.25) is 4.79 Å². The van der Waals surface area contributed by atoms with E-state index in [4.69, 9.17) is 9.47 Å². The monoisotopic (exact) mass is 276 g/mol. The van der Waals surface area contributed by atoms with E-state index in [9.17, 15) is 4.79 Å². The molecule has 0 aromatic heterocycles. The van der Waals surface area contributed by atoms with Crippen LogP contribution < -0.4 is 4.74 Å². The van der Waals surface area contributed by atoms with Crippen molar-refractivity contribution in [3.8, 4) is 5.75 Å². The minimum Gasteiger partial charge on any atom is -0.490 e. The molecule has 110 valence electrons. The maximum absolute atomic E-state index is 12.7. The Kier molecular flexibility index (Phi) is 4.48. The predicted molar refractivity (Wildman–Crippen MR) is 79.3 cm³/mol. The molecule has 3 heteroatoms. The van der Waals surface area contributed by atoms with Gasteiger partial charge in [0.25, 0.3) is 0 Å². The Bertz CT molecular complexity index is 469. The summed E-state index contributed by atoms with van der Waals surface area (Å²) in [6.07, 6.45) is 2.14. The molecule has 1 unspecified atom stereocenters. The van der Waals surface area contributed by atoms with Crippen LogP contribution in [0.3, 0.4) is 0 Å². The molecule has 0 amide bonds.